The smallest absolute Gasteiger partial charge is 0.127 e. The van der Waals surface area contributed by atoms with Crippen LogP contribution in [0.5, 0.6) is 11.5 Å². The second kappa shape index (κ2) is 6.72. The van der Waals surface area contributed by atoms with Crippen LogP contribution in [0.2, 0.25) is 0 Å². The summed E-state index contributed by atoms with van der Waals surface area (Å²) in [5.41, 5.74) is 2.97. The summed E-state index contributed by atoms with van der Waals surface area (Å²) < 4.78 is 10.7. The highest BCUT2D eigenvalue weighted by Gasteiger charge is 2.16. The lowest BCUT2D eigenvalue weighted by Gasteiger charge is -2.21. The average molecular weight is 292 g/mol. The largest absolute Gasteiger partial charge is 0.497 e. The molecule has 0 fully saturated rings. The lowest BCUT2D eigenvalue weighted by molar-refractivity contribution is 0.383. The van der Waals surface area contributed by atoms with E-state index in [1.807, 2.05) is 29.9 Å². The van der Waals surface area contributed by atoms with Gasteiger partial charge in [-0.1, -0.05) is 6.07 Å². The Morgan fingerprint density at radius 2 is 1.95 bits per heavy atom. The minimum absolute atomic E-state index is 0.174. The summed E-state index contributed by atoms with van der Waals surface area (Å²) in [5.74, 6) is 1.63. The van der Waals surface area contributed by atoms with Crippen molar-refractivity contribution in [3.05, 3.63) is 40.3 Å². The Hall–Kier alpha value is -1.59. The molecular weight excluding hydrogens is 272 g/mol. The number of rotatable bonds is 6. The Labute approximate surface area is 123 Å². The molecule has 2 unspecified atom stereocenters. The summed E-state index contributed by atoms with van der Waals surface area (Å²) in [4.78, 5) is 5.34. The van der Waals surface area contributed by atoms with Crippen molar-refractivity contribution in [1.82, 2.24) is 10.3 Å². The molecule has 1 aromatic heterocycles. The molecule has 0 bridgehead atoms. The lowest BCUT2D eigenvalue weighted by atomic mass is 10.1. The number of nitrogens with zero attached hydrogens (tertiary/aromatic N) is 1. The van der Waals surface area contributed by atoms with Crippen molar-refractivity contribution in [2.24, 2.45) is 0 Å². The molecule has 2 atom stereocenters. The van der Waals surface area contributed by atoms with Crippen LogP contribution >= 0.6 is 11.3 Å². The molecule has 0 spiro atoms. The van der Waals surface area contributed by atoms with Gasteiger partial charge in [0.1, 0.15) is 11.5 Å². The Kier molecular flexibility index (Phi) is 4.98. The normalized spacial score (nSPS) is 13.8. The summed E-state index contributed by atoms with van der Waals surface area (Å²) >= 11 is 1.66. The van der Waals surface area contributed by atoms with E-state index in [1.165, 1.54) is 4.88 Å². The van der Waals surface area contributed by atoms with E-state index in [2.05, 4.69) is 24.1 Å². The molecule has 1 heterocycles. The van der Waals surface area contributed by atoms with Gasteiger partial charge in [0, 0.05) is 34.8 Å². The third-order valence-electron chi connectivity index (χ3n) is 3.29. The topological polar surface area (TPSA) is 43.4 Å². The van der Waals surface area contributed by atoms with Crippen LogP contribution in [-0.4, -0.2) is 19.2 Å². The van der Waals surface area contributed by atoms with Crippen molar-refractivity contribution >= 4 is 11.3 Å². The van der Waals surface area contributed by atoms with Gasteiger partial charge in [0.25, 0.3) is 0 Å². The number of methoxy groups -OCH3 is 2. The predicted octanol–water partition coefficient (Wildman–Crippen LogP) is 3.57. The highest BCUT2D eigenvalue weighted by atomic mass is 32.1. The molecule has 20 heavy (non-hydrogen) atoms. The number of thiazole rings is 1. The van der Waals surface area contributed by atoms with Gasteiger partial charge < -0.3 is 14.8 Å². The second-order valence-corrected chi connectivity index (χ2v) is 5.54. The molecular formula is C15H20N2O2S. The molecule has 0 amide bonds. The number of benzene rings is 1. The first kappa shape index (κ1) is 14.8. The van der Waals surface area contributed by atoms with Crippen LogP contribution in [0.15, 0.2) is 29.9 Å². The third kappa shape index (κ3) is 3.29. The zero-order valence-electron chi connectivity index (χ0n) is 12.2. The van der Waals surface area contributed by atoms with Crippen LogP contribution in [0.3, 0.4) is 0 Å². The molecule has 0 saturated carbocycles. The first-order valence-electron chi connectivity index (χ1n) is 6.52. The van der Waals surface area contributed by atoms with Crippen molar-refractivity contribution in [1.29, 1.82) is 0 Å². The molecule has 0 aliphatic heterocycles. The van der Waals surface area contributed by atoms with E-state index >= 15 is 0 Å². The van der Waals surface area contributed by atoms with Crippen molar-refractivity contribution < 1.29 is 9.47 Å². The first-order valence-corrected chi connectivity index (χ1v) is 7.40. The molecule has 108 valence electrons. The van der Waals surface area contributed by atoms with Gasteiger partial charge in [-0.05, 0) is 19.9 Å². The fourth-order valence-electron chi connectivity index (χ4n) is 2.16. The second-order valence-electron chi connectivity index (χ2n) is 4.62. The van der Waals surface area contributed by atoms with Crippen molar-refractivity contribution in [3.8, 4) is 11.5 Å². The Balaban J connectivity index is 2.14. The van der Waals surface area contributed by atoms with Gasteiger partial charge in [-0.25, -0.2) is 0 Å². The van der Waals surface area contributed by atoms with Crippen LogP contribution in [0.1, 0.15) is 36.4 Å². The predicted molar refractivity (Wildman–Crippen MR) is 81.6 cm³/mol. The van der Waals surface area contributed by atoms with Gasteiger partial charge in [0.2, 0.25) is 0 Å². The SMILES string of the molecule is COc1ccc(C(C)NC(C)c2cncs2)c(OC)c1. The van der Waals surface area contributed by atoms with Crippen LogP contribution in [0, 0.1) is 0 Å². The summed E-state index contributed by atoms with van der Waals surface area (Å²) in [5, 5.41) is 3.56. The fourth-order valence-corrected chi connectivity index (χ4v) is 2.80. The quantitative estimate of drug-likeness (QED) is 0.884. The highest BCUT2D eigenvalue weighted by Crippen LogP contribution is 2.31. The standard InChI is InChI=1S/C15H20N2O2S/c1-10(17-11(2)15-8-16-9-20-15)13-6-5-12(18-3)7-14(13)19-4/h5-11,17H,1-4H3. The van der Waals surface area contributed by atoms with Gasteiger partial charge in [-0.3, -0.25) is 4.98 Å². The number of hydrogen-bond donors (Lipinski definition) is 1. The average Bonchev–Trinajstić information content (AvgIpc) is 3.00. The molecule has 0 saturated heterocycles. The van der Waals surface area contributed by atoms with E-state index in [1.54, 1.807) is 25.6 Å². The molecule has 0 aliphatic rings. The van der Waals surface area contributed by atoms with E-state index in [0.717, 1.165) is 17.1 Å². The summed E-state index contributed by atoms with van der Waals surface area (Å²) in [6, 6.07) is 6.32. The number of nitrogens with one attached hydrogen (secondary N) is 1. The highest BCUT2D eigenvalue weighted by molar-refractivity contribution is 7.09. The first-order chi connectivity index (χ1) is 9.65. The lowest BCUT2D eigenvalue weighted by Crippen LogP contribution is -2.22. The third-order valence-corrected chi connectivity index (χ3v) is 4.24. The Morgan fingerprint density at radius 3 is 2.55 bits per heavy atom. The van der Waals surface area contributed by atoms with E-state index in [9.17, 15) is 0 Å². The monoisotopic (exact) mass is 292 g/mol. The van der Waals surface area contributed by atoms with Crippen molar-refractivity contribution in [2.45, 2.75) is 25.9 Å². The van der Waals surface area contributed by atoms with E-state index in [4.69, 9.17) is 9.47 Å². The summed E-state index contributed by atoms with van der Waals surface area (Å²) in [7, 11) is 3.33. The molecule has 2 rings (SSSR count). The number of hydrogen-bond acceptors (Lipinski definition) is 5. The van der Waals surface area contributed by atoms with Gasteiger partial charge in [0.15, 0.2) is 0 Å². The minimum atomic E-state index is 0.174. The maximum absolute atomic E-state index is 5.45. The van der Waals surface area contributed by atoms with Gasteiger partial charge in [-0.2, -0.15) is 0 Å². The maximum Gasteiger partial charge on any atom is 0.127 e. The van der Waals surface area contributed by atoms with Crippen molar-refractivity contribution in [2.75, 3.05) is 14.2 Å². The molecule has 2 aromatic rings. The molecule has 1 N–H and O–H groups in total. The summed E-state index contributed by atoms with van der Waals surface area (Å²) in [6.45, 7) is 4.27. The number of aromatic nitrogens is 1. The van der Waals surface area contributed by atoms with Crippen LogP contribution in [-0.2, 0) is 0 Å². The van der Waals surface area contributed by atoms with E-state index < -0.39 is 0 Å². The molecule has 1 aromatic carbocycles. The van der Waals surface area contributed by atoms with E-state index in [0.29, 0.717) is 0 Å². The molecule has 0 radical (unpaired) electrons. The van der Waals surface area contributed by atoms with Crippen LogP contribution in [0.25, 0.3) is 0 Å². The zero-order chi connectivity index (χ0) is 14.5. The Bertz CT molecular complexity index is 543. The van der Waals surface area contributed by atoms with Gasteiger partial charge in [0.05, 0.1) is 19.7 Å². The molecule has 4 nitrogen and oxygen atoms in total. The van der Waals surface area contributed by atoms with Crippen LogP contribution < -0.4 is 14.8 Å². The Morgan fingerprint density at radius 1 is 1.15 bits per heavy atom. The fraction of sp³-hybridized carbons (Fsp3) is 0.400. The van der Waals surface area contributed by atoms with Gasteiger partial charge in [-0.15, -0.1) is 11.3 Å². The van der Waals surface area contributed by atoms with Crippen LogP contribution in [0.4, 0.5) is 0 Å². The number of ether oxygens (including phenoxy) is 2. The molecule has 5 heteroatoms. The molecule has 0 aliphatic carbocycles. The maximum atomic E-state index is 5.45. The van der Waals surface area contributed by atoms with Gasteiger partial charge >= 0.3 is 0 Å². The zero-order valence-corrected chi connectivity index (χ0v) is 13.0. The summed E-state index contributed by atoms with van der Waals surface area (Å²) in [6.07, 6.45) is 1.90. The van der Waals surface area contributed by atoms with E-state index in [-0.39, 0.29) is 12.1 Å². The van der Waals surface area contributed by atoms with Crippen molar-refractivity contribution in [3.63, 3.8) is 0 Å². The minimum Gasteiger partial charge on any atom is -0.497 e.